The van der Waals surface area contributed by atoms with Crippen LogP contribution in [0.1, 0.15) is 30.2 Å². The predicted molar refractivity (Wildman–Crippen MR) is 112 cm³/mol. The third-order valence-electron chi connectivity index (χ3n) is 4.93. The van der Waals surface area contributed by atoms with Crippen LogP contribution in [-0.4, -0.2) is 32.8 Å². The normalized spacial score (nSPS) is 17.9. The lowest BCUT2D eigenvalue weighted by Gasteiger charge is -2.38. The molecule has 1 aliphatic rings. The minimum Gasteiger partial charge on any atom is -0.466 e. The molecular weight excluding hydrogens is 483 g/mol. The van der Waals surface area contributed by atoms with Crippen LogP contribution < -0.4 is 5.32 Å². The number of alkyl halides is 3. The van der Waals surface area contributed by atoms with Crippen molar-refractivity contribution in [3.63, 3.8) is 0 Å². The zero-order valence-electron chi connectivity index (χ0n) is 17.2. The summed E-state index contributed by atoms with van der Waals surface area (Å²) in [6.07, 6.45) is -3.08. The molecule has 0 aliphatic carbocycles. The molecule has 8 nitrogen and oxygen atoms in total. The van der Waals surface area contributed by atoms with Crippen LogP contribution in [-0.2, 0) is 32.0 Å². The van der Waals surface area contributed by atoms with Gasteiger partial charge in [-0.3, -0.25) is 4.21 Å². The van der Waals surface area contributed by atoms with Crippen molar-refractivity contribution in [2.75, 3.05) is 18.2 Å². The summed E-state index contributed by atoms with van der Waals surface area (Å²) in [4.78, 5) is 11.8. The van der Waals surface area contributed by atoms with E-state index in [1.54, 1.807) is 6.92 Å². The maximum Gasteiger partial charge on any atom is 0.416 e. The van der Waals surface area contributed by atoms with Crippen molar-refractivity contribution in [1.29, 1.82) is 10.5 Å². The van der Waals surface area contributed by atoms with Crippen LogP contribution in [0.15, 0.2) is 29.2 Å². The van der Waals surface area contributed by atoms with E-state index in [1.165, 1.54) is 6.08 Å². The summed E-state index contributed by atoms with van der Waals surface area (Å²) in [6, 6.07) is 5.21. The van der Waals surface area contributed by atoms with Crippen molar-refractivity contribution in [2.24, 2.45) is 0 Å². The Labute approximate surface area is 193 Å². The number of hydrogen-bond acceptors (Lipinski definition) is 7. The fourth-order valence-electron chi connectivity index (χ4n) is 3.44. The fourth-order valence-corrected chi connectivity index (χ4v) is 4.68. The second-order valence-corrected chi connectivity index (χ2v) is 8.91. The highest BCUT2D eigenvalue weighted by Gasteiger charge is 2.44. The number of carbonyl (C=O) groups is 1. The van der Waals surface area contributed by atoms with Crippen molar-refractivity contribution in [2.45, 2.75) is 30.0 Å². The topological polar surface area (TPSA) is 121 Å². The molecular formula is C20H15ClF3N5O3S. The lowest BCUT2D eigenvalue weighted by atomic mass is 9.83. The van der Waals surface area contributed by atoms with Gasteiger partial charge in [-0.25, -0.2) is 9.48 Å². The van der Waals surface area contributed by atoms with E-state index < -0.39 is 40.5 Å². The summed E-state index contributed by atoms with van der Waals surface area (Å²) < 4.78 is 59.1. The second-order valence-electron chi connectivity index (χ2n) is 6.82. The minimum atomic E-state index is -4.76. The first-order valence-corrected chi connectivity index (χ1v) is 11.0. The number of nitrogens with zero attached hydrogens (tertiary/aromatic N) is 4. The highest BCUT2D eigenvalue weighted by atomic mass is 35.5. The average Bonchev–Trinajstić information content (AvgIpc) is 3.14. The van der Waals surface area contributed by atoms with Gasteiger partial charge < -0.3 is 10.1 Å². The van der Waals surface area contributed by atoms with Crippen LogP contribution in [0.3, 0.4) is 0 Å². The molecule has 0 radical (unpaired) electrons. The zero-order valence-corrected chi connectivity index (χ0v) is 18.7. The Morgan fingerprint density at radius 1 is 1.42 bits per heavy atom. The Balaban J connectivity index is 2.47. The van der Waals surface area contributed by atoms with Gasteiger partial charge in [0, 0.05) is 17.4 Å². The minimum absolute atomic E-state index is 0.00963. The standard InChI is InChI=1S/C20H15ClF3N5O3S/c1-3-33(31)17-14(10-26)28-29-16-12(8-11(9-13(16)21)20(22,23)24)19(6-7-25,27-18(17)29)5-4-15(30)32-2/h4-5,8-9,27H,3,6H2,1-2H3/b5-4+. The summed E-state index contributed by atoms with van der Waals surface area (Å²) in [5, 5.41) is 25.7. The summed E-state index contributed by atoms with van der Waals surface area (Å²) in [7, 11) is -0.591. The molecule has 33 heavy (non-hydrogen) atoms. The molecule has 0 amide bonds. The molecule has 3 rings (SSSR count). The molecule has 1 aliphatic heterocycles. The van der Waals surface area contributed by atoms with E-state index in [2.05, 4.69) is 15.2 Å². The number of esters is 1. The number of nitriles is 2. The van der Waals surface area contributed by atoms with Crippen molar-refractivity contribution in [1.82, 2.24) is 9.78 Å². The van der Waals surface area contributed by atoms with Gasteiger partial charge in [0.25, 0.3) is 0 Å². The fraction of sp³-hybridized carbons (Fsp3) is 0.300. The lowest BCUT2D eigenvalue weighted by molar-refractivity contribution is -0.137. The lowest BCUT2D eigenvalue weighted by Crippen LogP contribution is -2.39. The maximum atomic E-state index is 13.6. The Bertz CT molecular complexity index is 1280. The molecule has 2 atom stereocenters. The molecule has 2 unspecified atom stereocenters. The third-order valence-corrected chi connectivity index (χ3v) is 6.58. The number of aromatic nitrogens is 2. The average molecular weight is 498 g/mol. The van der Waals surface area contributed by atoms with Crippen LogP contribution in [0.5, 0.6) is 0 Å². The van der Waals surface area contributed by atoms with Crippen LogP contribution in [0.25, 0.3) is 5.69 Å². The molecule has 13 heteroatoms. The molecule has 0 saturated heterocycles. The molecule has 0 spiro atoms. The Morgan fingerprint density at radius 3 is 2.67 bits per heavy atom. The van der Waals surface area contributed by atoms with E-state index in [4.69, 9.17) is 11.6 Å². The van der Waals surface area contributed by atoms with Crippen LogP contribution >= 0.6 is 11.6 Å². The van der Waals surface area contributed by atoms with Gasteiger partial charge in [-0.1, -0.05) is 18.5 Å². The number of nitrogens with one attached hydrogen (secondary N) is 1. The van der Waals surface area contributed by atoms with Gasteiger partial charge in [0.15, 0.2) is 5.69 Å². The number of rotatable bonds is 5. The predicted octanol–water partition coefficient (Wildman–Crippen LogP) is 3.81. The Morgan fingerprint density at radius 2 is 2.12 bits per heavy atom. The summed E-state index contributed by atoms with van der Waals surface area (Å²) in [6.45, 7) is 1.61. The highest BCUT2D eigenvalue weighted by Crippen LogP contribution is 2.47. The Kier molecular flexibility index (Phi) is 6.54. The van der Waals surface area contributed by atoms with Gasteiger partial charge in [-0.15, -0.1) is 0 Å². The van der Waals surface area contributed by atoms with Gasteiger partial charge in [0.05, 0.1) is 52.2 Å². The number of halogens is 4. The number of ether oxygens (including phenoxy) is 1. The number of fused-ring (bicyclic) bond motifs is 3. The summed E-state index contributed by atoms with van der Waals surface area (Å²) in [5.74, 6) is -0.681. The molecule has 2 aromatic rings. The SMILES string of the molecule is CCS(=O)c1c(C#N)nn2c1NC(/C=C/C(=O)OC)(CC#N)c1cc(C(F)(F)F)cc(Cl)c1-2. The smallest absolute Gasteiger partial charge is 0.416 e. The van der Waals surface area contributed by atoms with Crippen molar-refractivity contribution in [3.05, 3.63) is 46.1 Å². The largest absolute Gasteiger partial charge is 0.466 e. The first-order chi connectivity index (χ1) is 15.5. The number of hydrogen-bond donors (Lipinski definition) is 1. The number of benzene rings is 1. The zero-order chi connectivity index (χ0) is 24.6. The van der Waals surface area contributed by atoms with E-state index in [9.17, 15) is 32.7 Å². The summed E-state index contributed by atoms with van der Waals surface area (Å²) in [5.41, 5.74) is -3.17. The third kappa shape index (κ3) is 4.19. The molecule has 1 aromatic heterocycles. The van der Waals surface area contributed by atoms with Crippen molar-refractivity contribution in [3.8, 4) is 17.8 Å². The van der Waals surface area contributed by atoms with Crippen LogP contribution in [0.4, 0.5) is 19.0 Å². The van der Waals surface area contributed by atoms with E-state index in [1.807, 2.05) is 12.1 Å². The van der Waals surface area contributed by atoms with E-state index in [-0.39, 0.29) is 38.4 Å². The quantitative estimate of drug-likeness (QED) is 0.492. The molecule has 1 aromatic carbocycles. The number of carbonyl (C=O) groups excluding carboxylic acids is 1. The molecule has 0 bridgehead atoms. The van der Waals surface area contributed by atoms with Crippen LogP contribution in [0.2, 0.25) is 5.02 Å². The maximum absolute atomic E-state index is 13.6. The number of methoxy groups -OCH3 is 1. The van der Waals surface area contributed by atoms with Gasteiger partial charge in [0.2, 0.25) is 0 Å². The molecule has 172 valence electrons. The van der Waals surface area contributed by atoms with Gasteiger partial charge in [-0.2, -0.15) is 28.8 Å². The van der Waals surface area contributed by atoms with Gasteiger partial charge >= 0.3 is 12.1 Å². The molecule has 2 heterocycles. The second kappa shape index (κ2) is 8.89. The summed E-state index contributed by atoms with van der Waals surface area (Å²) >= 11 is 6.27. The molecule has 0 saturated carbocycles. The number of anilines is 1. The Hall–Kier alpha value is -3.35. The van der Waals surface area contributed by atoms with Crippen molar-refractivity contribution < 1.29 is 26.9 Å². The van der Waals surface area contributed by atoms with Crippen molar-refractivity contribution >= 4 is 34.2 Å². The first-order valence-electron chi connectivity index (χ1n) is 9.28. The van der Waals surface area contributed by atoms with E-state index >= 15 is 0 Å². The van der Waals surface area contributed by atoms with E-state index in [0.29, 0.717) is 6.07 Å². The van der Waals surface area contributed by atoms with Gasteiger partial charge in [0.1, 0.15) is 16.8 Å². The highest BCUT2D eigenvalue weighted by molar-refractivity contribution is 7.85. The monoisotopic (exact) mass is 497 g/mol. The van der Waals surface area contributed by atoms with Gasteiger partial charge in [-0.05, 0) is 18.2 Å². The van der Waals surface area contributed by atoms with E-state index in [0.717, 1.165) is 23.9 Å². The first kappa shape index (κ1) is 24.3. The molecule has 0 fully saturated rings. The molecule has 1 N–H and O–H groups in total. The van der Waals surface area contributed by atoms with Crippen LogP contribution in [0, 0.1) is 22.7 Å².